The zero-order valence-electron chi connectivity index (χ0n) is 20.6. The molecule has 10 nitrogen and oxygen atoms in total. The van der Waals surface area contributed by atoms with E-state index in [1.165, 1.54) is 4.90 Å². The molecule has 0 spiro atoms. The molecule has 1 N–H and O–H groups in total. The summed E-state index contributed by atoms with van der Waals surface area (Å²) in [7, 11) is 1.65. The van der Waals surface area contributed by atoms with Crippen LogP contribution in [0.25, 0.3) is 17.0 Å². The number of fused-ring (bicyclic) bond motifs is 1. The highest BCUT2D eigenvalue weighted by molar-refractivity contribution is 5.99. The molecule has 0 unspecified atom stereocenters. The van der Waals surface area contributed by atoms with Gasteiger partial charge in [-0.25, -0.2) is 9.78 Å². The minimum atomic E-state index is -1.07. The van der Waals surface area contributed by atoms with Crippen LogP contribution in [-0.2, 0) is 10.2 Å². The second-order valence-corrected chi connectivity index (χ2v) is 9.65. The van der Waals surface area contributed by atoms with Crippen molar-refractivity contribution in [1.29, 1.82) is 0 Å². The number of nitrogens with zero attached hydrogens (tertiary/aromatic N) is 6. The average molecular weight is 499 g/mol. The van der Waals surface area contributed by atoms with E-state index in [0.29, 0.717) is 36.4 Å². The van der Waals surface area contributed by atoms with Crippen LogP contribution in [0.2, 0.25) is 0 Å². The molecule has 2 aliphatic rings. The lowest BCUT2D eigenvalue weighted by molar-refractivity contribution is -0.144. The zero-order valence-corrected chi connectivity index (χ0v) is 20.6. The van der Waals surface area contributed by atoms with Crippen LogP contribution in [0.1, 0.15) is 54.4 Å². The van der Waals surface area contributed by atoms with Gasteiger partial charge in [-0.1, -0.05) is 24.3 Å². The minimum absolute atomic E-state index is 0.262. The molecule has 0 bridgehead atoms. The molecule has 2 aliphatic carbocycles. The van der Waals surface area contributed by atoms with Crippen LogP contribution in [0.5, 0.6) is 5.75 Å². The summed E-state index contributed by atoms with van der Waals surface area (Å²) < 4.78 is 7.00. The lowest BCUT2D eigenvalue weighted by Gasteiger charge is -2.27. The molecular formula is C27H26N6O4. The average Bonchev–Trinajstić information content (AvgIpc) is 3.86. The first-order valence-corrected chi connectivity index (χ1v) is 12.3. The number of benzene rings is 2. The van der Waals surface area contributed by atoms with Crippen molar-refractivity contribution in [1.82, 2.24) is 29.7 Å². The van der Waals surface area contributed by atoms with Crippen molar-refractivity contribution >= 4 is 17.7 Å². The van der Waals surface area contributed by atoms with Gasteiger partial charge in [0.05, 0.1) is 18.7 Å². The normalized spacial score (nSPS) is 16.8. The van der Waals surface area contributed by atoms with Gasteiger partial charge in [0.25, 0.3) is 11.7 Å². The number of methoxy groups -OCH3 is 1. The molecule has 37 heavy (non-hydrogen) atoms. The van der Waals surface area contributed by atoms with Crippen LogP contribution in [0.3, 0.4) is 0 Å². The summed E-state index contributed by atoms with van der Waals surface area (Å²) in [5.74, 6) is 0.734. The summed E-state index contributed by atoms with van der Waals surface area (Å²) in [5.41, 5.74) is 1.63. The van der Waals surface area contributed by atoms with E-state index in [9.17, 15) is 14.7 Å². The first kappa shape index (κ1) is 23.1. The summed E-state index contributed by atoms with van der Waals surface area (Å²) in [5, 5.41) is 23.1. The van der Waals surface area contributed by atoms with Gasteiger partial charge < -0.3 is 14.7 Å². The third-order valence-electron chi connectivity index (χ3n) is 7.58. The molecule has 0 aliphatic heterocycles. The van der Waals surface area contributed by atoms with E-state index >= 15 is 0 Å². The fourth-order valence-corrected chi connectivity index (χ4v) is 5.10. The topological polar surface area (TPSA) is 123 Å². The van der Waals surface area contributed by atoms with Crippen molar-refractivity contribution in [3.63, 3.8) is 0 Å². The Labute approximate surface area is 212 Å². The fraction of sp³-hybridized carbons (Fsp3) is 0.333. The highest BCUT2D eigenvalue weighted by atomic mass is 16.5. The Kier molecular flexibility index (Phi) is 5.22. The van der Waals surface area contributed by atoms with Gasteiger partial charge in [0.1, 0.15) is 17.0 Å². The molecule has 0 saturated heterocycles. The van der Waals surface area contributed by atoms with Crippen LogP contribution in [-0.4, -0.2) is 65.9 Å². The molecule has 10 heteroatoms. The number of hydrogen-bond donors (Lipinski definition) is 1. The van der Waals surface area contributed by atoms with Crippen molar-refractivity contribution in [2.24, 2.45) is 0 Å². The number of carbonyl (C=O) groups excluding carboxylic acids is 1. The van der Waals surface area contributed by atoms with Crippen LogP contribution in [0.4, 0.5) is 0 Å². The van der Waals surface area contributed by atoms with E-state index in [1.807, 2.05) is 12.1 Å². The van der Waals surface area contributed by atoms with E-state index in [4.69, 9.17) is 9.84 Å². The summed E-state index contributed by atoms with van der Waals surface area (Å²) >= 11 is 0. The number of carbonyl (C=O) groups is 2. The summed E-state index contributed by atoms with van der Waals surface area (Å²) in [6.45, 7) is 2.14. The molecule has 188 valence electrons. The maximum atomic E-state index is 13.1. The maximum Gasteiger partial charge on any atom is 0.329 e. The molecule has 0 atom stereocenters. The van der Waals surface area contributed by atoms with Gasteiger partial charge in [-0.3, -0.25) is 4.79 Å². The van der Waals surface area contributed by atoms with Crippen molar-refractivity contribution < 1.29 is 19.4 Å². The number of ether oxygens (including phenoxy) is 1. The Balaban J connectivity index is 1.30. The van der Waals surface area contributed by atoms with Crippen molar-refractivity contribution in [3.05, 3.63) is 71.7 Å². The first-order valence-electron chi connectivity index (χ1n) is 12.3. The van der Waals surface area contributed by atoms with Gasteiger partial charge >= 0.3 is 5.97 Å². The largest absolute Gasteiger partial charge is 0.497 e. The summed E-state index contributed by atoms with van der Waals surface area (Å²) in [6.07, 6.45) is 4.48. The van der Waals surface area contributed by atoms with Crippen molar-refractivity contribution in [2.45, 2.75) is 43.6 Å². The van der Waals surface area contributed by atoms with E-state index in [0.717, 1.165) is 35.5 Å². The third-order valence-corrected chi connectivity index (χ3v) is 7.58. The number of aliphatic carboxylic acids is 1. The minimum Gasteiger partial charge on any atom is -0.497 e. The van der Waals surface area contributed by atoms with Crippen LogP contribution in [0, 0.1) is 0 Å². The van der Waals surface area contributed by atoms with E-state index < -0.39 is 11.5 Å². The lowest BCUT2D eigenvalue weighted by atomic mass is 9.95. The number of hydrogen-bond acceptors (Lipinski definition) is 7. The second kappa shape index (κ2) is 8.36. The Hall–Kier alpha value is -4.34. The quantitative estimate of drug-likeness (QED) is 0.392. The second-order valence-electron chi connectivity index (χ2n) is 9.65. The maximum absolute atomic E-state index is 13.1. The third kappa shape index (κ3) is 3.62. The molecule has 2 aromatic carbocycles. The van der Waals surface area contributed by atoms with Crippen LogP contribution < -0.4 is 4.74 Å². The number of amides is 1. The van der Waals surface area contributed by atoms with Crippen LogP contribution >= 0.6 is 0 Å². The van der Waals surface area contributed by atoms with Crippen molar-refractivity contribution in [2.75, 3.05) is 13.7 Å². The Morgan fingerprint density at radius 3 is 2.30 bits per heavy atom. The molecule has 4 aromatic rings. The Morgan fingerprint density at radius 1 is 1.03 bits per heavy atom. The van der Waals surface area contributed by atoms with Gasteiger partial charge in [-0.15, -0.1) is 10.2 Å². The number of carboxylic acids is 1. The first-order chi connectivity index (χ1) is 17.9. The molecule has 2 fully saturated rings. The Morgan fingerprint density at radius 2 is 1.73 bits per heavy atom. The molecule has 2 aromatic heterocycles. The predicted molar refractivity (Wildman–Crippen MR) is 133 cm³/mol. The molecule has 2 heterocycles. The number of likely N-dealkylation sites (N-methyl/N-ethyl adjacent to an activating group) is 1. The van der Waals surface area contributed by atoms with E-state index in [-0.39, 0.29) is 11.3 Å². The zero-order chi connectivity index (χ0) is 25.8. The van der Waals surface area contributed by atoms with Gasteiger partial charge in [0.15, 0.2) is 5.82 Å². The molecular weight excluding hydrogens is 472 g/mol. The van der Waals surface area contributed by atoms with Gasteiger partial charge in [-0.05, 0) is 62.4 Å². The van der Waals surface area contributed by atoms with Gasteiger partial charge in [0, 0.05) is 17.7 Å². The Bertz CT molecular complexity index is 1500. The predicted octanol–water partition coefficient (Wildman–Crippen LogP) is 3.35. The van der Waals surface area contributed by atoms with Gasteiger partial charge in [0.2, 0.25) is 0 Å². The van der Waals surface area contributed by atoms with E-state index in [2.05, 4.69) is 27.3 Å². The monoisotopic (exact) mass is 498 g/mol. The molecule has 0 radical (unpaired) electrons. The van der Waals surface area contributed by atoms with Crippen LogP contribution in [0.15, 0.2) is 54.7 Å². The SMILES string of the molecule is CCN(C(=O)c1ccc(-c2cnc3nnc(C4(c5ccc(OC)cc5)CC4)n3n2)cc1)C1(C(=O)O)CC1. The van der Waals surface area contributed by atoms with E-state index in [1.54, 1.807) is 49.0 Å². The van der Waals surface area contributed by atoms with Gasteiger partial charge in [-0.2, -0.15) is 9.61 Å². The fourth-order valence-electron chi connectivity index (χ4n) is 5.10. The standard InChI is InChI=1S/C27H26N6O4/c1-3-32(27(14-15-27)24(35)36)22(34)18-6-4-17(5-7-18)21-16-28-25-30-29-23(33(25)31-21)26(12-13-26)19-8-10-20(37-2)11-9-19/h4-11,16H,3,12-15H2,1-2H3,(H,35,36). The summed E-state index contributed by atoms with van der Waals surface area (Å²) in [4.78, 5) is 30.8. The molecule has 1 amide bonds. The number of carboxylic acid groups (broad SMARTS) is 1. The molecule has 2 saturated carbocycles. The molecule has 6 rings (SSSR count). The lowest BCUT2D eigenvalue weighted by Crippen LogP contribution is -2.47. The highest BCUT2D eigenvalue weighted by Gasteiger charge is 2.56. The number of rotatable bonds is 8. The smallest absolute Gasteiger partial charge is 0.329 e. The highest BCUT2D eigenvalue weighted by Crippen LogP contribution is 2.52. The van der Waals surface area contributed by atoms with Crippen molar-refractivity contribution in [3.8, 4) is 17.0 Å². The number of aromatic nitrogens is 5. The summed E-state index contributed by atoms with van der Waals surface area (Å²) in [6, 6.07) is 15.0.